The van der Waals surface area contributed by atoms with Crippen LogP contribution in [0.3, 0.4) is 0 Å². The van der Waals surface area contributed by atoms with Crippen molar-refractivity contribution in [3.63, 3.8) is 0 Å². The smallest absolute Gasteiger partial charge is 0.180 e. The van der Waals surface area contributed by atoms with Gasteiger partial charge < -0.3 is 9.47 Å². The number of benzene rings is 2. The average Bonchev–Trinajstić information content (AvgIpc) is 2.53. The summed E-state index contributed by atoms with van der Waals surface area (Å²) < 4.78 is 11.0. The highest BCUT2D eigenvalue weighted by Crippen LogP contribution is 2.27. The van der Waals surface area contributed by atoms with Gasteiger partial charge in [-0.3, -0.25) is 4.79 Å². The topological polar surface area (TPSA) is 35.5 Å². The lowest BCUT2D eigenvalue weighted by molar-refractivity contribution is 0.0991. The second kappa shape index (κ2) is 7.27. The Bertz CT molecular complexity index is 609. The number of hydrogen-bond acceptors (Lipinski definition) is 3. The van der Waals surface area contributed by atoms with E-state index in [9.17, 15) is 4.79 Å². The van der Waals surface area contributed by atoms with Gasteiger partial charge in [0.1, 0.15) is 18.1 Å². The summed E-state index contributed by atoms with van der Waals surface area (Å²) in [4.78, 5) is 12.0. The number of carbonyl (C=O) groups excluding carboxylic acids is 1. The van der Waals surface area contributed by atoms with Gasteiger partial charge >= 0.3 is 0 Å². The van der Waals surface area contributed by atoms with Gasteiger partial charge in [-0.15, -0.1) is 0 Å². The molecule has 0 heterocycles. The lowest BCUT2D eigenvalue weighted by atomic mass is 10.1. The van der Waals surface area contributed by atoms with E-state index in [0.29, 0.717) is 23.7 Å². The molecule has 0 radical (unpaired) electrons. The fourth-order valence-corrected chi connectivity index (χ4v) is 2.15. The maximum Gasteiger partial charge on any atom is 0.180 e. The zero-order chi connectivity index (χ0) is 15.2. The van der Waals surface area contributed by atoms with Crippen LogP contribution in [0.5, 0.6) is 11.5 Å². The molecule has 0 aliphatic heterocycles. The lowest BCUT2D eigenvalue weighted by Crippen LogP contribution is -2.12. The Morgan fingerprint density at radius 3 is 2.52 bits per heavy atom. The van der Waals surface area contributed by atoms with E-state index in [1.165, 1.54) is 0 Å². The molecule has 2 aromatic carbocycles. The Labute approximate surface area is 133 Å². The third-order valence-electron chi connectivity index (χ3n) is 3.05. The average molecular weight is 349 g/mol. The van der Waals surface area contributed by atoms with E-state index in [1.807, 2.05) is 30.3 Å². The number of alkyl halides is 1. The molecule has 1 atom stereocenters. The van der Waals surface area contributed by atoms with Crippen molar-refractivity contribution < 1.29 is 14.3 Å². The fraction of sp³-hybridized carbons (Fsp3) is 0.235. The number of carbonyl (C=O) groups is 1. The molecule has 1 unspecified atom stereocenters. The molecule has 3 nitrogen and oxygen atoms in total. The van der Waals surface area contributed by atoms with Crippen LogP contribution in [0, 0.1) is 0 Å². The molecule has 0 saturated carbocycles. The van der Waals surface area contributed by atoms with Crippen molar-refractivity contribution in [3.8, 4) is 11.5 Å². The largest absolute Gasteiger partial charge is 0.497 e. The summed E-state index contributed by atoms with van der Waals surface area (Å²) in [6.07, 6.45) is 0. The van der Waals surface area contributed by atoms with Crippen molar-refractivity contribution in [1.82, 2.24) is 0 Å². The first kappa shape index (κ1) is 15.6. The van der Waals surface area contributed by atoms with Crippen molar-refractivity contribution >= 4 is 21.7 Å². The maximum atomic E-state index is 12.3. The van der Waals surface area contributed by atoms with Crippen LogP contribution < -0.4 is 9.47 Å². The second-order valence-electron chi connectivity index (χ2n) is 4.62. The third kappa shape index (κ3) is 4.08. The van der Waals surface area contributed by atoms with E-state index >= 15 is 0 Å². The Balaban J connectivity index is 2.23. The fourth-order valence-electron chi connectivity index (χ4n) is 1.90. The molecule has 0 saturated heterocycles. The van der Waals surface area contributed by atoms with E-state index in [0.717, 1.165) is 5.56 Å². The minimum Gasteiger partial charge on any atom is -0.497 e. The van der Waals surface area contributed by atoms with Gasteiger partial charge in [-0.05, 0) is 30.7 Å². The van der Waals surface area contributed by atoms with Gasteiger partial charge in [0.05, 0.1) is 17.5 Å². The summed E-state index contributed by atoms with van der Waals surface area (Å²) in [5, 5.41) is 0. The summed E-state index contributed by atoms with van der Waals surface area (Å²) in [6, 6.07) is 15.1. The van der Waals surface area contributed by atoms with Crippen LogP contribution in [0.2, 0.25) is 0 Å². The molecule has 0 aromatic heterocycles. The second-order valence-corrected chi connectivity index (χ2v) is 5.99. The van der Waals surface area contributed by atoms with Crippen LogP contribution in [0.25, 0.3) is 0 Å². The molecule has 0 bridgehead atoms. The summed E-state index contributed by atoms with van der Waals surface area (Å²) in [5.74, 6) is 1.17. The first-order chi connectivity index (χ1) is 10.1. The molecule has 2 aromatic rings. The highest BCUT2D eigenvalue weighted by Gasteiger charge is 2.18. The van der Waals surface area contributed by atoms with Crippen molar-refractivity contribution in [1.29, 1.82) is 0 Å². The van der Waals surface area contributed by atoms with E-state index in [-0.39, 0.29) is 10.6 Å². The van der Waals surface area contributed by atoms with E-state index in [4.69, 9.17) is 9.47 Å². The minimum absolute atomic E-state index is 0.0306. The molecule has 0 aliphatic carbocycles. The summed E-state index contributed by atoms with van der Waals surface area (Å²) in [5.41, 5.74) is 1.58. The van der Waals surface area contributed by atoms with Crippen LogP contribution in [0.4, 0.5) is 0 Å². The molecular formula is C17H17BrO3. The number of rotatable bonds is 6. The highest BCUT2D eigenvalue weighted by atomic mass is 79.9. The van der Waals surface area contributed by atoms with Crippen LogP contribution in [-0.2, 0) is 6.61 Å². The third-order valence-corrected chi connectivity index (χ3v) is 3.47. The standard InChI is InChI=1S/C17H17BrO3/c1-12(18)17(19)15-10-14(20-2)8-9-16(15)21-11-13-6-4-3-5-7-13/h3-10,12H,11H2,1-2H3. The van der Waals surface area contributed by atoms with Crippen molar-refractivity contribution in [2.75, 3.05) is 7.11 Å². The van der Waals surface area contributed by atoms with E-state index in [1.54, 1.807) is 32.2 Å². The Morgan fingerprint density at radius 1 is 1.19 bits per heavy atom. The summed E-state index contributed by atoms with van der Waals surface area (Å²) in [6.45, 7) is 2.22. The van der Waals surface area contributed by atoms with Gasteiger partial charge in [-0.1, -0.05) is 46.3 Å². The zero-order valence-electron chi connectivity index (χ0n) is 12.0. The SMILES string of the molecule is COc1ccc(OCc2ccccc2)c(C(=O)C(C)Br)c1. The Kier molecular flexibility index (Phi) is 5.39. The molecule has 21 heavy (non-hydrogen) atoms. The van der Waals surface area contributed by atoms with Gasteiger partial charge in [0.15, 0.2) is 5.78 Å². The van der Waals surface area contributed by atoms with Gasteiger partial charge in [-0.2, -0.15) is 0 Å². The lowest BCUT2D eigenvalue weighted by Gasteiger charge is -2.13. The molecule has 0 fully saturated rings. The maximum absolute atomic E-state index is 12.3. The molecule has 0 N–H and O–H groups in total. The van der Waals surface area contributed by atoms with Crippen LogP contribution >= 0.6 is 15.9 Å². The van der Waals surface area contributed by atoms with Crippen LogP contribution in [0.15, 0.2) is 48.5 Å². The number of Topliss-reactive ketones (excluding diaryl/α,β-unsaturated/α-hetero) is 1. The van der Waals surface area contributed by atoms with Gasteiger partial charge in [-0.25, -0.2) is 0 Å². The predicted octanol–water partition coefficient (Wildman–Crippen LogP) is 4.24. The van der Waals surface area contributed by atoms with E-state index in [2.05, 4.69) is 15.9 Å². The van der Waals surface area contributed by atoms with Crippen LogP contribution in [0.1, 0.15) is 22.8 Å². The van der Waals surface area contributed by atoms with E-state index < -0.39 is 0 Å². The molecule has 0 spiro atoms. The number of ketones is 1. The monoisotopic (exact) mass is 348 g/mol. The Morgan fingerprint density at radius 2 is 1.90 bits per heavy atom. The summed E-state index contributed by atoms with van der Waals surface area (Å²) in [7, 11) is 1.58. The van der Waals surface area contributed by atoms with Gasteiger partial charge in [0, 0.05) is 0 Å². The molecule has 2 rings (SSSR count). The molecule has 0 aliphatic rings. The number of methoxy groups -OCH3 is 1. The highest BCUT2D eigenvalue weighted by molar-refractivity contribution is 9.10. The quantitative estimate of drug-likeness (QED) is 0.578. The summed E-state index contributed by atoms with van der Waals surface area (Å²) >= 11 is 3.31. The Hall–Kier alpha value is -1.81. The molecule has 0 amide bonds. The number of hydrogen-bond donors (Lipinski definition) is 0. The predicted molar refractivity (Wildman–Crippen MR) is 86.5 cm³/mol. The molecule has 4 heteroatoms. The molecule has 110 valence electrons. The number of ether oxygens (including phenoxy) is 2. The minimum atomic E-state index is -0.274. The normalized spacial score (nSPS) is 11.8. The molecular weight excluding hydrogens is 332 g/mol. The van der Waals surface area contributed by atoms with Gasteiger partial charge in [0.2, 0.25) is 0 Å². The van der Waals surface area contributed by atoms with Crippen LogP contribution in [-0.4, -0.2) is 17.7 Å². The van der Waals surface area contributed by atoms with Crippen molar-refractivity contribution in [3.05, 3.63) is 59.7 Å². The van der Waals surface area contributed by atoms with Crippen molar-refractivity contribution in [2.24, 2.45) is 0 Å². The van der Waals surface area contributed by atoms with Crippen molar-refractivity contribution in [2.45, 2.75) is 18.4 Å². The first-order valence-corrected chi connectivity index (χ1v) is 7.56. The zero-order valence-corrected chi connectivity index (χ0v) is 13.6. The number of halogens is 1. The first-order valence-electron chi connectivity index (χ1n) is 6.65. The van der Waals surface area contributed by atoms with Gasteiger partial charge in [0.25, 0.3) is 0 Å².